The molecule has 2 aromatic carbocycles. The third kappa shape index (κ3) is 4.51. The van der Waals surface area contributed by atoms with Gasteiger partial charge in [0.1, 0.15) is 0 Å². The number of ether oxygens (including phenoxy) is 2. The number of aromatic nitrogens is 2. The van der Waals surface area contributed by atoms with Crippen LogP contribution < -0.4 is 9.47 Å². The SMILES string of the molecule is COc1cc(CSc2nnc(-c3cccc(C)c3)o2)ccc1OC(F)F. The van der Waals surface area contributed by atoms with E-state index in [1.54, 1.807) is 12.1 Å². The molecule has 3 aromatic rings. The van der Waals surface area contributed by atoms with Gasteiger partial charge in [0.25, 0.3) is 5.22 Å². The van der Waals surface area contributed by atoms with Crippen molar-refractivity contribution in [3.63, 3.8) is 0 Å². The van der Waals surface area contributed by atoms with Gasteiger partial charge in [-0.25, -0.2) is 0 Å². The van der Waals surface area contributed by atoms with Gasteiger partial charge in [-0.3, -0.25) is 0 Å². The molecule has 0 bridgehead atoms. The van der Waals surface area contributed by atoms with Crippen LogP contribution in [0.5, 0.6) is 11.5 Å². The van der Waals surface area contributed by atoms with E-state index in [0.717, 1.165) is 16.7 Å². The zero-order chi connectivity index (χ0) is 18.5. The van der Waals surface area contributed by atoms with E-state index in [0.29, 0.717) is 16.9 Å². The van der Waals surface area contributed by atoms with E-state index in [1.807, 2.05) is 31.2 Å². The Morgan fingerprint density at radius 3 is 2.69 bits per heavy atom. The zero-order valence-corrected chi connectivity index (χ0v) is 14.9. The van der Waals surface area contributed by atoms with Crippen LogP contribution in [0.2, 0.25) is 0 Å². The molecule has 0 aliphatic heterocycles. The van der Waals surface area contributed by atoms with Gasteiger partial charge in [-0.2, -0.15) is 8.78 Å². The van der Waals surface area contributed by atoms with E-state index in [1.165, 1.54) is 24.9 Å². The van der Waals surface area contributed by atoms with Crippen LogP contribution in [-0.4, -0.2) is 23.9 Å². The molecule has 0 N–H and O–H groups in total. The molecule has 3 rings (SSSR count). The maximum Gasteiger partial charge on any atom is 0.387 e. The number of alkyl halides is 2. The lowest BCUT2D eigenvalue weighted by atomic mass is 10.1. The normalized spacial score (nSPS) is 11.0. The third-order valence-electron chi connectivity index (χ3n) is 3.48. The van der Waals surface area contributed by atoms with Gasteiger partial charge in [-0.15, -0.1) is 10.2 Å². The van der Waals surface area contributed by atoms with E-state index in [4.69, 9.17) is 9.15 Å². The number of nitrogens with zero attached hydrogens (tertiary/aromatic N) is 2. The predicted molar refractivity (Wildman–Crippen MR) is 93.7 cm³/mol. The highest BCUT2D eigenvalue weighted by Crippen LogP contribution is 2.32. The third-order valence-corrected chi connectivity index (χ3v) is 4.37. The van der Waals surface area contributed by atoms with E-state index in [2.05, 4.69) is 14.9 Å². The number of rotatable bonds is 7. The molecule has 0 amide bonds. The smallest absolute Gasteiger partial charge is 0.387 e. The zero-order valence-electron chi connectivity index (χ0n) is 14.1. The van der Waals surface area contributed by atoms with Crippen LogP contribution in [0.3, 0.4) is 0 Å². The Hall–Kier alpha value is -2.61. The summed E-state index contributed by atoms with van der Waals surface area (Å²) < 4.78 is 39.9. The quantitative estimate of drug-likeness (QED) is 0.543. The molecule has 0 spiro atoms. The maximum absolute atomic E-state index is 12.4. The van der Waals surface area contributed by atoms with E-state index >= 15 is 0 Å². The van der Waals surface area contributed by atoms with Crippen LogP contribution >= 0.6 is 11.8 Å². The minimum atomic E-state index is -2.90. The first kappa shape index (κ1) is 18.2. The molecule has 26 heavy (non-hydrogen) atoms. The largest absolute Gasteiger partial charge is 0.493 e. The average Bonchev–Trinajstić information content (AvgIpc) is 3.09. The molecule has 0 aliphatic rings. The fourth-order valence-corrected chi connectivity index (χ4v) is 3.01. The Balaban J connectivity index is 1.68. The van der Waals surface area contributed by atoms with E-state index in [-0.39, 0.29) is 11.5 Å². The van der Waals surface area contributed by atoms with Crippen molar-refractivity contribution in [2.45, 2.75) is 24.5 Å². The van der Waals surface area contributed by atoms with Crippen LogP contribution in [-0.2, 0) is 5.75 Å². The number of benzene rings is 2. The van der Waals surface area contributed by atoms with Crippen molar-refractivity contribution >= 4 is 11.8 Å². The molecule has 0 aliphatic carbocycles. The van der Waals surface area contributed by atoms with Crippen molar-refractivity contribution in [1.82, 2.24) is 10.2 Å². The first-order valence-electron chi connectivity index (χ1n) is 7.70. The predicted octanol–water partition coefficient (Wildman–Crippen LogP) is 4.95. The number of hydrogen-bond donors (Lipinski definition) is 0. The van der Waals surface area contributed by atoms with Gasteiger partial charge in [0.2, 0.25) is 5.89 Å². The van der Waals surface area contributed by atoms with Crippen molar-refractivity contribution in [2.75, 3.05) is 7.11 Å². The fourth-order valence-electron chi connectivity index (χ4n) is 2.30. The minimum Gasteiger partial charge on any atom is -0.493 e. The van der Waals surface area contributed by atoms with Crippen molar-refractivity contribution < 1.29 is 22.7 Å². The lowest BCUT2D eigenvalue weighted by molar-refractivity contribution is -0.0512. The molecular weight excluding hydrogens is 362 g/mol. The summed E-state index contributed by atoms with van der Waals surface area (Å²) in [5.41, 5.74) is 2.82. The molecule has 1 aromatic heterocycles. The summed E-state index contributed by atoms with van der Waals surface area (Å²) in [7, 11) is 1.40. The lowest BCUT2D eigenvalue weighted by Gasteiger charge is -2.10. The van der Waals surface area contributed by atoms with Crippen molar-refractivity contribution in [2.24, 2.45) is 0 Å². The average molecular weight is 378 g/mol. The van der Waals surface area contributed by atoms with Crippen LogP contribution in [0, 0.1) is 6.92 Å². The summed E-state index contributed by atoms with van der Waals surface area (Å²) in [6.45, 7) is -0.910. The van der Waals surface area contributed by atoms with Gasteiger partial charge in [0.15, 0.2) is 11.5 Å². The number of halogens is 2. The highest BCUT2D eigenvalue weighted by Gasteiger charge is 2.13. The minimum absolute atomic E-state index is 0.00391. The molecule has 8 heteroatoms. The topological polar surface area (TPSA) is 57.4 Å². The van der Waals surface area contributed by atoms with E-state index < -0.39 is 6.61 Å². The summed E-state index contributed by atoms with van der Waals surface area (Å²) >= 11 is 1.35. The second-order valence-electron chi connectivity index (χ2n) is 5.39. The summed E-state index contributed by atoms with van der Waals surface area (Å²) in [4.78, 5) is 0. The molecule has 0 fully saturated rings. The van der Waals surface area contributed by atoms with Gasteiger partial charge in [0.05, 0.1) is 7.11 Å². The molecule has 0 radical (unpaired) electrons. The van der Waals surface area contributed by atoms with Crippen molar-refractivity contribution in [1.29, 1.82) is 0 Å². The Kier molecular flexibility index (Phi) is 5.72. The molecule has 136 valence electrons. The van der Waals surface area contributed by atoms with Crippen LogP contribution in [0.1, 0.15) is 11.1 Å². The van der Waals surface area contributed by atoms with Crippen LogP contribution in [0.25, 0.3) is 11.5 Å². The van der Waals surface area contributed by atoms with Gasteiger partial charge in [-0.1, -0.05) is 35.5 Å². The maximum atomic E-state index is 12.4. The molecule has 1 heterocycles. The second kappa shape index (κ2) is 8.18. The van der Waals surface area contributed by atoms with Gasteiger partial charge in [-0.05, 0) is 36.8 Å². The fraction of sp³-hybridized carbons (Fsp3) is 0.222. The van der Waals surface area contributed by atoms with E-state index in [9.17, 15) is 8.78 Å². The molecule has 5 nitrogen and oxygen atoms in total. The summed E-state index contributed by atoms with van der Waals surface area (Å²) in [5, 5.41) is 8.51. The Bertz CT molecular complexity index is 886. The molecule has 0 saturated heterocycles. The first-order chi connectivity index (χ1) is 12.5. The lowest BCUT2D eigenvalue weighted by Crippen LogP contribution is -2.03. The standard InChI is InChI=1S/C18H16F2N2O3S/c1-11-4-3-5-13(8-11)16-21-22-18(25-16)26-10-12-6-7-14(24-17(19)20)15(9-12)23-2/h3-9,17H,10H2,1-2H3. The molecule has 0 unspecified atom stereocenters. The van der Waals surface area contributed by atoms with Crippen LogP contribution in [0.4, 0.5) is 8.78 Å². The van der Waals surface area contributed by atoms with Gasteiger partial charge < -0.3 is 13.9 Å². The number of hydrogen-bond acceptors (Lipinski definition) is 6. The summed E-state index contributed by atoms with van der Waals surface area (Å²) in [6, 6.07) is 12.6. The van der Waals surface area contributed by atoms with Crippen LogP contribution in [0.15, 0.2) is 52.1 Å². The molecular formula is C18H16F2N2O3S. The Labute approximate surface area is 153 Å². The number of aryl methyl sites for hydroxylation is 1. The van der Waals surface area contributed by atoms with Crippen molar-refractivity contribution in [3.05, 3.63) is 53.6 Å². The molecule has 0 saturated carbocycles. The Morgan fingerprint density at radius 2 is 1.96 bits per heavy atom. The second-order valence-corrected chi connectivity index (χ2v) is 6.32. The first-order valence-corrected chi connectivity index (χ1v) is 8.69. The highest BCUT2D eigenvalue weighted by molar-refractivity contribution is 7.98. The monoisotopic (exact) mass is 378 g/mol. The number of thioether (sulfide) groups is 1. The van der Waals surface area contributed by atoms with Gasteiger partial charge in [0, 0.05) is 11.3 Å². The highest BCUT2D eigenvalue weighted by atomic mass is 32.2. The van der Waals surface area contributed by atoms with Gasteiger partial charge >= 0.3 is 6.61 Å². The Morgan fingerprint density at radius 1 is 1.12 bits per heavy atom. The van der Waals surface area contributed by atoms with Crippen molar-refractivity contribution in [3.8, 4) is 23.0 Å². The number of methoxy groups -OCH3 is 1. The molecule has 0 atom stereocenters. The summed E-state index contributed by atoms with van der Waals surface area (Å²) in [6.07, 6.45) is 0. The summed E-state index contributed by atoms with van der Waals surface area (Å²) in [5.74, 6) is 1.21.